The molecule has 0 radical (unpaired) electrons. The van der Waals surface area contributed by atoms with Crippen molar-refractivity contribution in [3.63, 3.8) is 0 Å². The SMILES string of the molecule is CN1CCN(C)CCN(CCN(C)CC(=O)O)CC1. The third kappa shape index (κ3) is 7.47. The molecule has 6 heteroatoms. The van der Waals surface area contributed by atoms with Gasteiger partial charge < -0.3 is 14.9 Å². The fourth-order valence-corrected chi connectivity index (χ4v) is 2.15. The van der Waals surface area contributed by atoms with Gasteiger partial charge in [0.15, 0.2) is 0 Å². The van der Waals surface area contributed by atoms with Gasteiger partial charge in [-0.05, 0) is 21.1 Å². The van der Waals surface area contributed by atoms with Gasteiger partial charge in [-0.1, -0.05) is 0 Å². The van der Waals surface area contributed by atoms with Gasteiger partial charge >= 0.3 is 5.97 Å². The normalized spacial score (nSPS) is 21.1. The monoisotopic (exact) mass is 272 g/mol. The molecule has 1 fully saturated rings. The summed E-state index contributed by atoms with van der Waals surface area (Å²) in [5, 5.41) is 8.74. The van der Waals surface area contributed by atoms with E-state index >= 15 is 0 Å². The first-order chi connectivity index (χ1) is 8.97. The minimum absolute atomic E-state index is 0.119. The predicted molar refractivity (Wildman–Crippen MR) is 76.6 cm³/mol. The molecule has 1 aliphatic heterocycles. The maximum atomic E-state index is 10.6. The largest absolute Gasteiger partial charge is 0.480 e. The maximum Gasteiger partial charge on any atom is 0.317 e. The lowest BCUT2D eigenvalue weighted by atomic mass is 10.4. The highest BCUT2D eigenvalue weighted by Gasteiger charge is 2.13. The quantitative estimate of drug-likeness (QED) is 0.706. The van der Waals surface area contributed by atoms with Gasteiger partial charge in [0.2, 0.25) is 0 Å². The van der Waals surface area contributed by atoms with Crippen molar-refractivity contribution < 1.29 is 9.90 Å². The molecule has 1 heterocycles. The minimum atomic E-state index is -0.758. The van der Waals surface area contributed by atoms with Crippen LogP contribution in [-0.4, -0.2) is 111 Å². The molecule has 1 saturated heterocycles. The Labute approximate surface area is 116 Å². The third-order valence-electron chi connectivity index (χ3n) is 3.66. The molecule has 19 heavy (non-hydrogen) atoms. The number of aliphatic carboxylic acids is 1. The summed E-state index contributed by atoms with van der Waals surface area (Å²) in [6.45, 7) is 8.37. The number of hydrogen-bond acceptors (Lipinski definition) is 5. The summed E-state index contributed by atoms with van der Waals surface area (Å²) in [4.78, 5) is 19.6. The Morgan fingerprint density at radius 1 is 1.05 bits per heavy atom. The van der Waals surface area contributed by atoms with E-state index in [9.17, 15) is 4.79 Å². The first kappa shape index (κ1) is 16.4. The Morgan fingerprint density at radius 2 is 1.53 bits per heavy atom. The lowest BCUT2D eigenvalue weighted by Gasteiger charge is -2.26. The zero-order valence-electron chi connectivity index (χ0n) is 12.5. The first-order valence-electron chi connectivity index (χ1n) is 6.97. The average molecular weight is 272 g/mol. The van der Waals surface area contributed by atoms with E-state index in [4.69, 9.17) is 5.11 Å². The lowest BCUT2D eigenvalue weighted by molar-refractivity contribution is -0.138. The van der Waals surface area contributed by atoms with Gasteiger partial charge in [-0.15, -0.1) is 0 Å². The summed E-state index contributed by atoms with van der Waals surface area (Å²) in [7, 11) is 6.18. The van der Waals surface area contributed by atoms with E-state index in [0.717, 1.165) is 52.4 Å². The molecule has 0 atom stereocenters. The summed E-state index contributed by atoms with van der Waals surface area (Å²) < 4.78 is 0. The molecular formula is C13H28N4O2. The molecule has 1 aliphatic rings. The standard InChI is InChI=1S/C13H28N4O2/c1-14-4-5-15(2)7-10-17(9-6-14)11-8-16(3)12-13(18)19/h4-12H2,1-3H3,(H,18,19). The average Bonchev–Trinajstić information content (AvgIpc) is 2.40. The van der Waals surface area contributed by atoms with Crippen LogP contribution in [0.2, 0.25) is 0 Å². The van der Waals surface area contributed by atoms with Crippen molar-refractivity contribution in [2.75, 3.05) is 80.0 Å². The van der Waals surface area contributed by atoms with Crippen molar-refractivity contribution in [2.24, 2.45) is 0 Å². The Hall–Kier alpha value is -0.690. The zero-order valence-corrected chi connectivity index (χ0v) is 12.5. The first-order valence-corrected chi connectivity index (χ1v) is 6.97. The summed E-state index contributed by atoms with van der Waals surface area (Å²) in [6.07, 6.45) is 0. The second kappa shape index (κ2) is 8.47. The van der Waals surface area contributed by atoms with Crippen molar-refractivity contribution in [3.8, 4) is 0 Å². The lowest BCUT2D eigenvalue weighted by Crippen LogP contribution is -2.40. The van der Waals surface area contributed by atoms with Gasteiger partial charge in [0.1, 0.15) is 0 Å². The van der Waals surface area contributed by atoms with Gasteiger partial charge in [-0.25, -0.2) is 0 Å². The summed E-state index contributed by atoms with van der Waals surface area (Å²) in [6, 6.07) is 0. The van der Waals surface area contributed by atoms with Crippen LogP contribution in [-0.2, 0) is 4.79 Å². The molecule has 0 aliphatic carbocycles. The van der Waals surface area contributed by atoms with Crippen molar-refractivity contribution in [1.82, 2.24) is 19.6 Å². The molecule has 0 aromatic rings. The fourth-order valence-electron chi connectivity index (χ4n) is 2.15. The van der Waals surface area contributed by atoms with Gasteiger partial charge in [-0.2, -0.15) is 0 Å². The molecule has 0 unspecified atom stereocenters. The second-order valence-corrected chi connectivity index (χ2v) is 5.58. The highest BCUT2D eigenvalue weighted by atomic mass is 16.4. The van der Waals surface area contributed by atoms with Crippen LogP contribution in [0.1, 0.15) is 0 Å². The maximum absolute atomic E-state index is 10.6. The summed E-state index contributed by atoms with van der Waals surface area (Å²) in [5.74, 6) is -0.758. The molecule has 0 bridgehead atoms. The minimum Gasteiger partial charge on any atom is -0.480 e. The Bertz CT molecular complexity index is 261. The molecule has 0 aromatic carbocycles. The number of hydrogen-bond donors (Lipinski definition) is 1. The molecule has 1 rings (SSSR count). The molecule has 1 N–H and O–H groups in total. The van der Waals surface area contributed by atoms with Gasteiger partial charge in [0.25, 0.3) is 0 Å². The molecule has 0 saturated carbocycles. The topological polar surface area (TPSA) is 50.3 Å². The summed E-state index contributed by atoms with van der Waals surface area (Å²) >= 11 is 0. The summed E-state index contributed by atoms with van der Waals surface area (Å²) in [5.41, 5.74) is 0. The number of nitrogens with zero attached hydrogens (tertiary/aromatic N) is 4. The van der Waals surface area contributed by atoms with Crippen molar-refractivity contribution in [1.29, 1.82) is 0 Å². The van der Waals surface area contributed by atoms with E-state index in [1.807, 2.05) is 11.9 Å². The van der Waals surface area contributed by atoms with E-state index in [1.54, 1.807) is 0 Å². The van der Waals surface area contributed by atoms with E-state index < -0.39 is 5.97 Å². The van der Waals surface area contributed by atoms with Crippen LogP contribution in [0.4, 0.5) is 0 Å². The smallest absolute Gasteiger partial charge is 0.317 e. The Kier molecular flexibility index (Phi) is 7.30. The number of carboxylic acids is 1. The molecule has 0 aromatic heterocycles. The predicted octanol–water partition coefficient (Wildman–Crippen LogP) is -0.818. The van der Waals surface area contributed by atoms with E-state index in [2.05, 4.69) is 28.8 Å². The second-order valence-electron chi connectivity index (χ2n) is 5.58. The molecule has 112 valence electrons. The van der Waals surface area contributed by atoms with Crippen molar-refractivity contribution in [3.05, 3.63) is 0 Å². The number of carboxylic acid groups (broad SMARTS) is 1. The van der Waals surface area contributed by atoms with E-state index in [1.165, 1.54) is 0 Å². The molecule has 0 spiro atoms. The highest BCUT2D eigenvalue weighted by Crippen LogP contribution is 1.97. The van der Waals surface area contributed by atoms with Crippen LogP contribution in [0.5, 0.6) is 0 Å². The van der Waals surface area contributed by atoms with E-state index in [0.29, 0.717) is 0 Å². The van der Waals surface area contributed by atoms with Gasteiger partial charge in [0, 0.05) is 52.4 Å². The van der Waals surface area contributed by atoms with Gasteiger partial charge in [0.05, 0.1) is 6.54 Å². The fraction of sp³-hybridized carbons (Fsp3) is 0.923. The highest BCUT2D eigenvalue weighted by molar-refractivity contribution is 5.68. The Balaban J connectivity index is 2.35. The number of carbonyl (C=O) groups is 1. The van der Waals surface area contributed by atoms with Crippen LogP contribution in [0.3, 0.4) is 0 Å². The van der Waals surface area contributed by atoms with Crippen LogP contribution in [0, 0.1) is 0 Å². The third-order valence-corrected chi connectivity index (χ3v) is 3.66. The molecule has 0 amide bonds. The van der Waals surface area contributed by atoms with Crippen LogP contribution >= 0.6 is 0 Å². The van der Waals surface area contributed by atoms with Crippen molar-refractivity contribution in [2.45, 2.75) is 0 Å². The number of rotatable bonds is 5. The van der Waals surface area contributed by atoms with E-state index in [-0.39, 0.29) is 6.54 Å². The van der Waals surface area contributed by atoms with Crippen LogP contribution < -0.4 is 0 Å². The molecular weight excluding hydrogens is 244 g/mol. The Morgan fingerprint density at radius 3 is 2.00 bits per heavy atom. The van der Waals surface area contributed by atoms with Crippen LogP contribution in [0.25, 0.3) is 0 Å². The van der Waals surface area contributed by atoms with Crippen molar-refractivity contribution >= 4 is 5.97 Å². The zero-order chi connectivity index (χ0) is 14.3. The van der Waals surface area contributed by atoms with Crippen LogP contribution in [0.15, 0.2) is 0 Å². The molecule has 6 nitrogen and oxygen atoms in total. The number of likely N-dealkylation sites (N-methyl/N-ethyl adjacent to an activating group) is 3. The van der Waals surface area contributed by atoms with Gasteiger partial charge in [-0.3, -0.25) is 14.6 Å².